The number of alkyl halides is 3. The van der Waals surface area contributed by atoms with E-state index in [-0.39, 0.29) is 16.8 Å². The van der Waals surface area contributed by atoms with Crippen molar-refractivity contribution in [3.05, 3.63) is 64.7 Å². The molecule has 0 aliphatic heterocycles. The van der Waals surface area contributed by atoms with E-state index in [0.29, 0.717) is 5.56 Å². The molecule has 1 atom stereocenters. The van der Waals surface area contributed by atoms with Crippen LogP contribution in [0.25, 0.3) is 11.3 Å². The Labute approximate surface area is 177 Å². The number of halogens is 6. The second kappa shape index (κ2) is 8.54. The van der Waals surface area contributed by atoms with Gasteiger partial charge in [0.05, 0.1) is 5.56 Å². The summed E-state index contributed by atoms with van der Waals surface area (Å²) in [6.45, 7) is 2.46. The standard InChI is InChI=1S/C20H13ClF5NO4/c1-9(28)15-13(22)7-8-14(16(15)23)29-10(2)19-27-17(18(21)30-19)11-3-5-12(6-4-11)31-20(24,25)26/h3-8,10H,1-2H3. The molecule has 0 N–H and O–H groups in total. The topological polar surface area (TPSA) is 61.6 Å². The van der Waals surface area contributed by atoms with Crippen molar-refractivity contribution >= 4 is 17.4 Å². The lowest BCUT2D eigenvalue weighted by molar-refractivity contribution is -0.274. The van der Waals surface area contributed by atoms with Crippen LogP contribution in [0.5, 0.6) is 11.5 Å². The minimum atomic E-state index is -4.83. The lowest BCUT2D eigenvalue weighted by atomic mass is 10.1. The van der Waals surface area contributed by atoms with Gasteiger partial charge in [0.25, 0.3) is 0 Å². The Bertz CT molecular complexity index is 1110. The molecule has 0 radical (unpaired) electrons. The van der Waals surface area contributed by atoms with Crippen molar-refractivity contribution in [1.29, 1.82) is 0 Å². The molecule has 1 heterocycles. The monoisotopic (exact) mass is 461 g/mol. The minimum Gasteiger partial charge on any atom is -0.478 e. The van der Waals surface area contributed by atoms with E-state index in [1.165, 1.54) is 19.1 Å². The first-order valence-electron chi connectivity index (χ1n) is 8.64. The van der Waals surface area contributed by atoms with Gasteiger partial charge in [-0.2, -0.15) is 0 Å². The third-order valence-electron chi connectivity index (χ3n) is 4.02. The molecule has 0 saturated heterocycles. The molecule has 1 unspecified atom stereocenters. The van der Waals surface area contributed by atoms with Crippen molar-refractivity contribution in [2.24, 2.45) is 0 Å². The normalized spacial score (nSPS) is 12.5. The molecule has 5 nitrogen and oxygen atoms in total. The molecule has 0 spiro atoms. The molecule has 31 heavy (non-hydrogen) atoms. The third kappa shape index (κ3) is 5.13. The number of carbonyl (C=O) groups is 1. The maximum Gasteiger partial charge on any atom is 0.573 e. The number of Topliss-reactive ketones (excluding diaryl/α,β-unsaturated/α-hetero) is 1. The third-order valence-corrected chi connectivity index (χ3v) is 4.28. The van der Waals surface area contributed by atoms with E-state index in [1.54, 1.807) is 0 Å². The summed E-state index contributed by atoms with van der Waals surface area (Å²) in [7, 11) is 0. The summed E-state index contributed by atoms with van der Waals surface area (Å²) in [5.74, 6) is -3.91. The van der Waals surface area contributed by atoms with Crippen LogP contribution in [0.1, 0.15) is 36.2 Å². The molecular weight excluding hydrogens is 449 g/mol. The van der Waals surface area contributed by atoms with Crippen molar-refractivity contribution in [2.45, 2.75) is 26.3 Å². The SMILES string of the molecule is CC(=O)c1c(F)ccc(OC(C)c2nc(-c3ccc(OC(F)(F)F)cc3)c(Cl)o2)c1F. The van der Waals surface area contributed by atoms with Gasteiger partial charge < -0.3 is 13.9 Å². The number of ether oxygens (including phenoxy) is 2. The highest BCUT2D eigenvalue weighted by molar-refractivity contribution is 6.31. The number of oxazole rings is 1. The Morgan fingerprint density at radius 2 is 1.77 bits per heavy atom. The number of ketones is 1. The van der Waals surface area contributed by atoms with Gasteiger partial charge in [-0.1, -0.05) is 0 Å². The number of aromatic nitrogens is 1. The van der Waals surface area contributed by atoms with Crippen LogP contribution in [0.4, 0.5) is 22.0 Å². The van der Waals surface area contributed by atoms with Gasteiger partial charge in [0.1, 0.15) is 17.3 Å². The molecule has 1 aromatic heterocycles. The van der Waals surface area contributed by atoms with Crippen molar-refractivity contribution in [3.63, 3.8) is 0 Å². The maximum absolute atomic E-state index is 14.4. The highest BCUT2D eigenvalue weighted by atomic mass is 35.5. The Morgan fingerprint density at radius 3 is 2.35 bits per heavy atom. The largest absolute Gasteiger partial charge is 0.573 e. The summed E-state index contributed by atoms with van der Waals surface area (Å²) in [5.41, 5.74) is -0.305. The molecule has 0 bridgehead atoms. The number of carbonyl (C=O) groups excluding carboxylic acids is 1. The van der Waals surface area contributed by atoms with Crippen LogP contribution in [0.2, 0.25) is 5.22 Å². The molecule has 0 aliphatic carbocycles. The van der Waals surface area contributed by atoms with Gasteiger partial charge >= 0.3 is 6.36 Å². The van der Waals surface area contributed by atoms with Gasteiger partial charge in [-0.15, -0.1) is 13.2 Å². The zero-order chi connectivity index (χ0) is 22.9. The highest BCUT2D eigenvalue weighted by Gasteiger charge is 2.31. The Morgan fingerprint density at radius 1 is 1.13 bits per heavy atom. The van der Waals surface area contributed by atoms with Crippen molar-refractivity contribution < 1.29 is 40.6 Å². The van der Waals surface area contributed by atoms with Gasteiger partial charge in [0.15, 0.2) is 23.5 Å². The van der Waals surface area contributed by atoms with E-state index in [2.05, 4.69) is 9.72 Å². The predicted octanol–water partition coefficient (Wildman–Crippen LogP) is 6.51. The van der Waals surface area contributed by atoms with Gasteiger partial charge in [-0.25, -0.2) is 13.8 Å². The van der Waals surface area contributed by atoms with Crippen LogP contribution in [-0.2, 0) is 0 Å². The quantitative estimate of drug-likeness (QED) is 0.309. The first-order chi connectivity index (χ1) is 14.5. The van der Waals surface area contributed by atoms with Crippen LogP contribution in [0, 0.1) is 11.6 Å². The van der Waals surface area contributed by atoms with Crippen LogP contribution >= 0.6 is 11.6 Å². The van der Waals surface area contributed by atoms with Crippen molar-refractivity contribution in [2.75, 3.05) is 0 Å². The van der Waals surface area contributed by atoms with Crippen LogP contribution in [-0.4, -0.2) is 17.1 Å². The first kappa shape index (κ1) is 22.5. The number of rotatable bonds is 6. The van der Waals surface area contributed by atoms with Gasteiger partial charge in [-0.05, 0) is 61.8 Å². The second-order valence-corrected chi connectivity index (χ2v) is 6.64. The van der Waals surface area contributed by atoms with Crippen LogP contribution in [0.15, 0.2) is 40.8 Å². The van der Waals surface area contributed by atoms with E-state index in [4.69, 9.17) is 20.8 Å². The Kier molecular flexibility index (Phi) is 6.21. The first-order valence-corrected chi connectivity index (χ1v) is 9.02. The van der Waals surface area contributed by atoms with Gasteiger partial charge in [0, 0.05) is 5.56 Å². The van der Waals surface area contributed by atoms with E-state index in [1.807, 2.05) is 0 Å². The maximum atomic E-state index is 14.4. The molecule has 0 saturated carbocycles. The lowest BCUT2D eigenvalue weighted by Gasteiger charge is -2.13. The molecule has 3 aromatic rings. The average Bonchev–Trinajstić information content (AvgIpc) is 3.05. The summed E-state index contributed by atoms with van der Waals surface area (Å²) in [6, 6.07) is 6.63. The molecule has 3 rings (SSSR count). The van der Waals surface area contributed by atoms with Crippen LogP contribution in [0.3, 0.4) is 0 Å². The number of hydrogen-bond acceptors (Lipinski definition) is 5. The molecule has 11 heteroatoms. The number of benzene rings is 2. The van der Waals surface area contributed by atoms with E-state index < -0.39 is 46.9 Å². The van der Waals surface area contributed by atoms with Gasteiger partial charge in [-0.3, -0.25) is 4.79 Å². The summed E-state index contributed by atoms with van der Waals surface area (Å²) in [5, 5.41) is -0.182. The van der Waals surface area contributed by atoms with Crippen molar-refractivity contribution in [1.82, 2.24) is 4.98 Å². The second-order valence-electron chi connectivity index (χ2n) is 6.30. The van der Waals surface area contributed by atoms with Gasteiger partial charge in [0.2, 0.25) is 11.1 Å². The van der Waals surface area contributed by atoms with Crippen LogP contribution < -0.4 is 9.47 Å². The predicted molar refractivity (Wildman–Crippen MR) is 99.0 cm³/mol. The molecule has 0 amide bonds. The van der Waals surface area contributed by atoms with Crippen molar-refractivity contribution in [3.8, 4) is 22.8 Å². The van der Waals surface area contributed by atoms with E-state index in [0.717, 1.165) is 31.2 Å². The fourth-order valence-electron chi connectivity index (χ4n) is 2.67. The molecule has 164 valence electrons. The summed E-state index contributed by atoms with van der Waals surface area (Å²) in [6.07, 6.45) is -5.83. The Balaban J connectivity index is 1.82. The highest BCUT2D eigenvalue weighted by Crippen LogP contribution is 2.34. The summed E-state index contributed by atoms with van der Waals surface area (Å²) < 4.78 is 79.4. The average molecular weight is 462 g/mol. The van der Waals surface area contributed by atoms with E-state index >= 15 is 0 Å². The summed E-state index contributed by atoms with van der Waals surface area (Å²) in [4.78, 5) is 15.6. The van der Waals surface area contributed by atoms with E-state index in [9.17, 15) is 26.7 Å². The molecular formula is C20H13ClF5NO4. The number of hydrogen-bond donors (Lipinski definition) is 0. The summed E-state index contributed by atoms with van der Waals surface area (Å²) >= 11 is 6.03. The fourth-order valence-corrected chi connectivity index (χ4v) is 2.90. The molecule has 2 aromatic carbocycles. The number of nitrogens with zero attached hydrogens (tertiary/aromatic N) is 1. The minimum absolute atomic E-state index is 0.0799. The zero-order valence-corrected chi connectivity index (χ0v) is 16.6. The Hall–Kier alpha value is -3.14. The zero-order valence-electron chi connectivity index (χ0n) is 15.9. The smallest absolute Gasteiger partial charge is 0.478 e. The molecule has 0 aliphatic rings. The molecule has 0 fully saturated rings. The lowest BCUT2D eigenvalue weighted by Crippen LogP contribution is -2.16. The fraction of sp³-hybridized carbons (Fsp3) is 0.200.